The summed E-state index contributed by atoms with van der Waals surface area (Å²) in [5, 5.41) is 3.36. The fourth-order valence-corrected chi connectivity index (χ4v) is 2.29. The Labute approximate surface area is 125 Å². The molecule has 1 aromatic heterocycles. The minimum atomic E-state index is -0.180. The van der Waals surface area contributed by atoms with E-state index in [2.05, 4.69) is 10.3 Å². The molecule has 0 saturated carbocycles. The number of ether oxygens (including phenoxy) is 1. The van der Waals surface area contributed by atoms with Gasteiger partial charge in [0.15, 0.2) is 0 Å². The highest BCUT2D eigenvalue weighted by Crippen LogP contribution is 2.13. The molecule has 3 nitrogen and oxygen atoms in total. The fraction of sp³-hybridized carbons (Fsp3) is 0.353. The Morgan fingerprint density at radius 3 is 2.71 bits per heavy atom. The zero-order chi connectivity index (χ0) is 15.2. The molecule has 0 unspecified atom stereocenters. The van der Waals surface area contributed by atoms with Crippen LogP contribution in [0.15, 0.2) is 30.3 Å². The van der Waals surface area contributed by atoms with Crippen molar-refractivity contribution in [3.63, 3.8) is 0 Å². The first-order chi connectivity index (χ1) is 10.1. The van der Waals surface area contributed by atoms with E-state index >= 15 is 0 Å². The number of halogens is 1. The van der Waals surface area contributed by atoms with Crippen molar-refractivity contribution in [3.8, 4) is 5.75 Å². The first-order valence-corrected chi connectivity index (χ1v) is 7.06. The second-order valence-electron chi connectivity index (χ2n) is 5.14. The standard InChI is InChI=1S/C17H21FN2O/c1-12-8-15(18)5-4-14(12)6-7-19-11-16-10-17(21-3)9-13(2)20-16/h4-5,8-10,19H,6-7,11H2,1-3H3. The Kier molecular flexibility index (Phi) is 5.28. The summed E-state index contributed by atoms with van der Waals surface area (Å²) in [6.45, 7) is 5.40. The largest absolute Gasteiger partial charge is 0.497 e. The monoisotopic (exact) mass is 288 g/mol. The molecule has 1 aromatic carbocycles. The smallest absolute Gasteiger partial charge is 0.123 e. The lowest BCUT2D eigenvalue weighted by Gasteiger charge is -2.09. The molecule has 1 N–H and O–H groups in total. The summed E-state index contributed by atoms with van der Waals surface area (Å²) in [4.78, 5) is 4.46. The van der Waals surface area contributed by atoms with Gasteiger partial charge in [-0.1, -0.05) is 6.07 Å². The summed E-state index contributed by atoms with van der Waals surface area (Å²) < 4.78 is 18.3. The Hall–Kier alpha value is -1.94. The van der Waals surface area contributed by atoms with Crippen LogP contribution in [0, 0.1) is 19.7 Å². The van der Waals surface area contributed by atoms with Gasteiger partial charge in [-0.3, -0.25) is 4.98 Å². The molecule has 2 rings (SSSR count). The van der Waals surface area contributed by atoms with E-state index in [0.29, 0.717) is 6.54 Å². The SMILES string of the molecule is COc1cc(C)nc(CNCCc2ccc(F)cc2C)c1. The number of nitrogens with zero attached hydrogens (tertiary/aromatic N) is 1. The third kappa shape index (κ3) is 4.53. The van der Waals surface area contributed by atoms with Crippen LogP contribution in [0.25, 0.3) is 0 Å². The number of aromatic nitrogens is 1. The lowest BCUT2D eigenvalue weighted by Crippen LogP contribution is -2.18. The summed E-state index contributed by atoms with van der Waals surface area (Å²) in [6.07, 6.45) is 0.870. The second-order valence-corrected chi connectivity index (χ2v) is 5.14. The van der Waals surface area contributed by atoms with Crippen molar-refractivity contribution < 1.29 is 9.13 Å². The molecule has 2 aromatic rings. The van der Waals surface area contributed by atoms with E-state index in [0.717, 1.165) is 35.7 Å². The van der Waals surface area contributed by atoms with Gasteiger partial charge in [-0.15, -0.1) is 0 Å². The highest BCUT2D eigenvalue weighted by atomic mass is 19.1. The van der Waals surface area contributed by atoms with Gasteiger partial charge in [0.2, 0.25) is 0 Å². The number of hydrogen-bond donors (Lipinski definition) is 1. The van der Waals surface area contributed by atoms with Crippen LogP contribution < -0.4 is 10.1 Å². The van der Waals surface area contributed by atoms with Crippen molar-refractivity contribution in [3.05, 3.63) is 58.7 Å². The average Bonchev–Trinajstić information content (AvgIpc) is 2.44. The first kappa shape index (κ1) is 15.4. The molecular weight excluding hydrogens is 267 g/mol. The van der Waals surface area contributed by atoms with Crippen LogP contribution in [0.1, 0.15) is 22.5 Å². The predicted octanol–water partition coefficient (Wildman–Crippen LogP) is 3.18. The summed E-state index contributed by atoms with van der Waals surface area (Å²) in [6, 6.07) is 8.77. The topological polar surface area (TPSA) is 34.1 Å². The fourth-order valence-electron chi connectivity index (χ4n) is 2.29. The molecule has 0 fully saturated rings. The van der Waals surface area contributed by atoms with Crippen molar-refractivity contribution in [1.29, 1.82) is 0 Å². The Morgan fingerprint density at radius 2 is 2.00 bits per heavy atom. The van der Waals surface area contributed by atoms with Crippen LogP contribution in [0.4, 0.5) is 4.39 Å². The number of methoxy groups -OCH3 is 1. The van der Waals surface area contributed by atoms with Crippen molar-refractivity contribution in [2.45, 2.75) is 26.8 Å². The normalized spacial score (nSPS) is 10.7. The molecule has 0 saturated heterocycles. The van der Waals surface area contributed by atoms with Gasteiger partial charge in [0.1, 0.15) is 11.6 Å². The zero-order valence-corrected chi connectivity index (χ0v) is 12.7. The van der Waals surface area contributed by atoms with Crippen LogP contribution in [0.2, 0.25) is 0 Å². The third-order valence-electron chi connectivity index (χ3n) is 3.40. The molecule has 1 heterocycles. The number of benzene rings is 1. The summed E-state index contributed by atoms with van der Waals surface area (Å²) in [5.41, 5.74) is 4.06. The quantitative estimate of drug-likeness (QED) is 0.829. The lowest BCUT2D eigenvalue weighted by molar-refractivity contribution is 0.412. The van der Waals surface area contributed by atoms with Gasteiger partial charge in [-0.25, -0.2) is 4.39 Å². The number of nitrogens with one attached hydrogen (secondary N) is 1. The highest BCUT2D eigenvalue weighted by Gasteiger charge is 2.02. The van der Waals surface area contributed by atoms with Gasteiger partial charge < -0.3 is 10.1 Å². The molecular formula is C17H21FN2O. The number of hydrogen-bond acceptors (Lipinski definition) is 3. The average molecular weight is 288 g/mol. The maximum Gasteiger partial charge on any atom is 0.123 e. The van der Waals surface area contributed by atoms with E-state index in [1.165, 1.54) is 11.6 Å². The van der Waals surface area contributed by atoms with Gasteiger partial charge in [-0.05, 0) is 50.1 Å². The van der Waals surface area contributed by atoms with Crippen LogP contribution in [0.5, 0.6) is 5.75 Å². The molecule has 0 atom stereocenters. The molecule has 0 aliphatic rings. The maximum atomic E-state index is 13.0. The molecule has 0 amide bonds. The van der Waals surface area contributed by atoms with Crippen molar-refractivity contribution in [1.82, 2.24) is 10.3 Å². The lowest BCUT2D eigenvalue weighted by atomic mass is 10.1. The first-order valence-electron chi connectivity index (χ1n) is 7.06. The van der Waals surface area contributed by atoms with E-state index in [1.54, 1.807) is 13.2 Å². The Morgan fingerprint density at radius 1 is 1.19 bits per heavy atom. The van der Waals surface area contributed by atoms with Gasteiger partial charge in [-0.2, -0.15) is 0 Å². The molecule has 0 aliphatic heterocycles. The van der Waals surface area contributed by atoms with Crippen LogP contribution >= 0.6 is 0 Å². The van der Waals surface area contributed by atoms with Crippen molar-refractivity contribution in [2.24, 2.45) is 0 Å². The predicted molar refractivity (Wildman–Crippen MR) is 82.1 cm³/mol. The molecule has 0 spiro atoms. The summed E-state index contributed by atoms with van der Waals surface area (Å²) in [7, 11) is 1.66. The van der Waals surface area contributed by atoms with E-state index in [-0.39, 0.29) is 5.82 Å². The molecule has 0 bridgehead atoms. The van der Waals surface area contributed by atoms with Crippen LogP contribution in [-0.2, 0) is 13.0 Å². The van der Waals surface area contributed by atoms with Gasteiger partial charge >= 0.3 is 0 Å². The number of pyridine rings is 1. The number of aryl methyl sites for hydroxylation is 2. The zero-order valence-electron chi connectivity index (χ0n) is 12.7. The molecule has 112 valence electrons. The van der Waals surface area contributed by atoms with E-state index < -0.39 is 0 Å². The Bertz CT molecular complexity index is 614. The number of rotatable bonds is 6. The van der Waals surface area contributed by atoms with Crippen LogP contribution in [0.3, 0.4) is 0 Å². The molecule has 0 aliphatic carbocycles. The second kappa shape index (κ2) is 7.18. The van der Waals surface area contributed by atoms with Gasteiger partial charge in [0, 0.05) is 24.4 Å². The Balaban J connectivity index is 1.86. The van der Waals surface area contributed by atoms with Crippen molar-refractivity contribution >= 4 is 0 Å². The van der Waals surface area contributed by atoms with Crippen LogP contribution in [-0.4, -0.2) is 18.6 Å². The third-order valence-corrected chi connectivity index (χ3v) is 3.40. The maximum absolute atomic E-state index is 13.0. The molecule has 0 radical (unpaired) electrons. The van der Waals surface area contributed by atoms with Gasteiger partial charge in [0.05, 0.1) is 12.8 Å². The molecule has 21 heavy (non-hydrogen) atoms. The molecule has 4 heteroatoms. The summed E-state index contributed by atoms with van der Waals surface area (Å²) >= 11 is 0. The van der Waals surface area contributed by atoms with E-state index in [4.69, 9.17) is 4.74 Å². The van der Waals surface area contributed by atoms with E-state index in [1.807, 2.05) is 32.0 Å². The van der Waals surface area contributed by atoms with E-state index in [9.17, 15) is 4.39 Å². The highest BCUT2D eigenvalue weighted by molar-refractivity contribution is 5.27. The minimum absolute atomic E-state index is 0.180. The van der Waals surface area contributed by atoms with Gasteiger partial charge in [0.25, 0.3) is 0 Å². The summed E-state index contributed by atoms with van der Waals surface area (Å²) in [5.74, 6) is 0.647. The minimum Gasteiger partial charge on any atom is -0.497 e. The van der Waals surface area contributed by atoms with Crippen molar-refractivity contribution in [2.75, 3.05) is 13.7 Å².